The van der Waals surface area contributed by atoms with E-state index in [2.05, 4.69) is 15.8 Å². The molecule has 2 N–H and O–H groups in total. The summed E-state index contributed by atoms with van der Waals surface area (Å²) in [6, 6.07) is 3.76. The van der Waals surface area contributed by atoms with Gasteiger partial charge in [-0.2, -0.15) is 0 Å². The zero-order chi connectivity index (χ0) is 13.8. The number of hydrogen-bond acceptors (Lipinski definition) is 7. The van der Waals surface area contributed by atoms with E-state index in [1.54, 1.807) is 33.1 Å². The van der Waals surface area contributed by atoms with Crippen LogP contribution in [0.1, 0.15) is 11.7 Å². The fourth-order valence-electron chi connectivity index (χ4n) is 1.83. The quantitative estimate of drug-likeness (QED) is 0.874. The van der Waals surface area contributed by atoms with Gasteiger partial charge >= 0.3 is 0 Å². The molecule has 0 fully saturated rings. The van der Waals surface area contributed by atoms with Gasteiger partial charge in [0.15, 0.2) is 16.7 Å². The fourth-order valence-corrected chi connectivity index (χ4v) is 2.20. The summed E-state index contributed by atoms with van der Waals surface area (Å²) < 4.78 is 15.9. The number of hydrogen-bond donors (Lipinski definition) is 2. The molecule has 104 valence electrons. The Balaban J connectivity index is 2.39. The minimum absolute atomic E-state index is 0.170. The van der Waals surface area contributed by atoms with Crippen LogP contribution in [0.4, 0.5) is 0 Å². The predicted octanol–water partition coefficient (Wildman–Crippen LogP) is 1.54. The summed E-state index contributed by atoms with van der Waals surface area (Å²) >= 11 is 1.55. The molecule has 0 bridgehead atoms. The molecule has 0 saturated heterocycles. The van der Waals surface area contributed by atoms with E-state index in [9.17, 15) is 0 Å². The molecule has 7 heteroatoms. The monoisotopic (exact) mass is 283 g/mol. The Kier molecular flexibility index (Phi) is 4.39. The van der Waals surface area contributed by atoms with Gasteiger partial charge in [-0.05, 0) is 18.4 Å². The van der Waals surface area contributed by atoms with Crippen LogP contribution in [0, 0.1) is 0 Å². The lowest BCUT2D eigenvalue weighted by Gasteiger charge is -2.15. The van der Waals surface area contributed by atoms with Crippen molar-refractivity contribution in [3.63, 3.8) is 0 Å². The van der Waals surface area contributed by atoms with Crippen LogP contribution in [-0.4, -0.2) is 32.8 Å². The highest BCUT2D eigenvalue weighted by atomic mass is 32.2. The second-order valence-corrected chi connectivity index (χ2v) is 4.56. The Hall–Kier alpha value is -1.60. The second-order valence-electron chi connectivity index (χ2n) is 3.77. The van der Waals surface area contributed by atoms with Gasteiger partial charge in [0.1, 0.15) is 6.17 Å². The number of thioether (sulfide) groups is 1. The molecular weight excluding hydrogens is 266 g/mol. The van der Waals surface area contributed by atoms with Crippen LogP contribution in [0.15, 0.2) is 17.1 Å². The molecular formula is C12H17N3O3S. The Bertz CT molecular complexity index is 468. The number of nitrogens with zero attached hydrogens (tertiary/aromatic N) is 1. The normalized spacial score (nSPS) is 17.7. The lowest BCUT2D eigenvalue weighted by Crippen LogP contribution is -2.29. The number of amidine groups is 1. The molecule has 6 nitrogen and oxygen atoms in total. The zero-order valence-electron chi connectivity index (χ0n) is 11.3. The summed E-state index contributed by atoms with van der Waals surface area (Å²) in [5.41, 5.74) is 7.03. The van der Waals surface area contributed by atoms with Crippen molar-refractivity contribution in [2.24, 2.45) is 4.99 Å². The molecule has 0 saturated carbocycles. The van der Waals surface area contributed by atoms with Crippen molar-refractivity contribution in [3.05, 3.63) is 17.7 Å². The van der Waals surface area contributed by atoms with Crippen molar-refractivity contribution in [1.82, 2.24) is 10.9 Å². The van der Waals surface area contributed by atoms with Gasteiger partial charge < -0.3 is 14.2 Å². The van der Waals surface area contributed by atoms with E-state index in [4.69, 9.17) is 14.2 Å². The number of nitrogens with one attached hydrogen (secondary N) is 2. The van der Waals surface area contributed by atoms with E-state index in [-0.39, 0.29) is 6.17 Å². The Labute approximate surface area is 116 Å². The molecule has 2 rings (SSSR count). The third-order valence-electron chi connectivity index (χ3n) is 2.76. The first kappa shape index (κ1) is 13.8. The number of hydrazine groups is 1. The molecule has 0 spiro atoms. The maximum Gasteiger partial charge on any atom is 0.203 e. The summed E-state index contributed by atoms with van der Waals surface area (Å²) in [7, 11) is 4.77. The third-order valence-corrected chi connectivity index (χ3v) is 3.35. The van der Waals surface area contributed by atoms with Crippen molar-refractivity contribution < 1.29 is 14.2 Å². The molecule has 0 aliphatic carbocycles. The molecule has 19 heavy (non-hydrogen) atoms. The first-order valence-electron chi connectivity index (χ1n) is 5.66. The zero-order valence-corrected chi connectivity index (χ0v) is 12.1. The van der Waals surface area contributed by atoms with Crippen LogP contribution >= 0.6 is 11.8 Å². The summed E-state index contributed by atoms with van der Waals surface area (Å²) in [6.07, 6.45) is 1.79. The van der Waals surface area contributed by atoms with E-state index in [1.165, 1.54) is 0 Å². The van der Waals surface area contributed by atoms with Crippen molar-refractivity contribution >= 4 is 16.9 Å². The summed E-state index contributed by atoms with van der Waals surface area (Å²) in [5.74, 6) is 1.81. The molecule has 1 atom stereocenters. The Morgan fingerprint density at radius 3 is 2.16 bits per heavy atom. The molecule has 0 amide bonds. The van der Waals surface area contributed by atoms with Crippen molar-refractivity contribution in [2.75, 3.05) is 27.6 Å². The summed E-state index contributed by atoms with van der Waals surface area (Å²) in [6.45, 7) is 0. The van der Waals surface area contributed by atoms with Crippen molar-refractivity contribution in [3.8, 4) is 17.2 Å². The molecule has 1 aliphatic heterocycles. The molecule has 1 aromatic rings. The average Bonchev–Trinajstić information content (AvgIpc) is 2.94. The smallest absolute Gasteiger partial charge is 0.203 e. The third kappa shape index (κ3) is 2.71. The minimum atomic E-state index is -0.170. The van der Waals surface area contributed by atoms with Gasteiger partial charge in [0, 0.05) is 5.56 Å². The average molecular weight is 283 g/mol. The summed E-state index contributed by atoms with van der Waals surface area (Å²) in [4.78, 5) is 4.49. The standard InChI is InChI=1S/C12H17N3O3S/c1-16-8-5-7(6-9(17-2)10(8)18-3)11-13-12(19-4)15-14-11/h5-6,11,14H,1-4H3,(H,13,15). The molecule has 1 aromatic carbocycles. The van der Waals surface area contributed by atoms with Crippen LogP contribution < -0.4 is 25.1 Å². The highest BCUT2D eigenvalue weighted by Crippen LogP contribution is 2.40. The van der Waals surface area contributed by atoms with E-state index >= 15 is 0 Å². The largest absolute Gasteiger partial charge is 0.493 e. The van der Waals surface area contributed by atoms with Gasteiger partial charge in [-0.15, -0.1) is 0 Å². The van der Waals surface area contributed by atoms with Crippen LogP contribution in [0.3, 0.4) is 0 Å². The van der Waals surface area contributed by atoms with Crippen molar-refractivity contribution in [2.45, 2.75) is 6.17 Å². The van der Waals surface area contributed by atoms with E-state index in [0.29, 0.717) is 17.2 Å². The minimum Gasteiger partial charge on any atom is -0.493 e. The molecule has 1 heterocycles. The number of ether oxygens (including phenoxy) is 3. The molecule has 0 radical (unpaired) electrons. The van der Waals surface area contributed by atoms with Gasteiger partial charge in [-0.1, -0.05) is 11.8 Å². The molecule has 1 unspecified atom stereocenters. The van der Waals surface area contributed by atoms with Gasteiger partial charge in [0.05, 0.1) is 21.3 Å². The fraction of sp³-hybridized carbons (Fsp3) is 0.417. The van der Waals surface area contributed by atoms with Gasteiger partial charge in [0.2, 0.25) is 5.75 Å². The number of methoxy groups -OCH3 is 3. The number of rotatable bonds is 4. The predicted molar refractivity (Wildman–Crippen MR) is 76.1 cm³/mol. The van der Waals surface area contributed by atoms with Crippen LogP contribution in [0.2, 0.25) is 0 Å². The van der Waals surface area contributed by atoms with Crippen LogP contribution in [0.5, 0.6) is 17.2 Å². The maximum atomic E-state index is 5.33. The van der Waals surface area contributed by atoms with Gasteiger partial charge in [-0.25, -0.2) is 10.4 Å². The maximum absolute atomic E-state index is 5.33. The topological polar surface area (TPSA) is 64.1 Å². The van der Waals surface area contributed by atoms with E-state index in [0.717, 1.165) is 10.7 Å². The molecule has 0 aromatic heterocycles. The number of benzene rings is 1. The highest BCUT2D eigenvalue weighted by molar-refractivity contribution is 8.13. The number of aliphatic imine (C=N–C) groups is 1. The van der Waals surface area contributed by atoms with E-state index < -0.39 is 0 Å². The van der Waals surface area contributed by atoms with Gasteiger partial charge in [-0.3, -0.25) is 5.43 Å². The van der Waals surface area contributed by atoms with Crippen molar-refractivity contribution in [1.29, 1.82) is 0 Å². The van der Waals surface area contributed by atoms with E-state index in [1.807, 2.05) is 18.4 Å². The first-order chi connectivity index (χ1) is 9.23. The summed E-state index contributed by atoms with van der Waals surface area (Å²) in [5, 5.41) is 0.846. The second kappa shape index (κ2) is 6.03. The molecule has 1 aliphatic rings. The van der Waals surface area contributed by atoms with Crippen LogP contribution in [0.25, 0.3) is 0 Å². The SMILES string of the molecule is COc1cc(C2N=C(SC)NN2)cc(OC)c1OC. The Morgan fingerprint density at radius 2 is 1.74 bits per heavy atom. The Morgan fingerprint density at radius 1 is 1.11 bits per heavy atom. The highest BCUT2D eigenvalue weighted by Gasteiger charge is 2.21. The first-order valence-corrected chi connectivity index (χ1v) is 6.89. The van der Waals surface area contributed by atoms with Crippen LogP contribution in [-0.2, 0) is 0 Å². The van der Waals surface area contributed by atoms with Gasteiger partial charge in [0.25, 0.3) is 0 Å². The lowest BCUT2D eigenvalue weighted by atomic mass is 10.1. The lowest BCUT2D eigenvalue weighted by molar-refractivity contribution is 0.323.